The lowest BCUT2D eigenvalue weighted by atomic mass is 10.2. The van der Waals surface area contributed by atoms with E-state index in [9.17, 15) is 4.79 Å². The van der Waals surface area contributed by atoms with Crippen molar-refractivity contribution in [1.82, 2.24) is 14.7 Å². The van der Waals surface area contributed by atoms with E-state index in [1.165, 1.54) is 0 Å². The number of nitrogens with two attached hydrogens (primary N) is 1. The van der Waals surface area contributed by atoms with Gasteiger partial charge in [-0.05, 0) is 27.2 Å². The third kappa shape index (κ3) is 2.73. The van der Waals surface area contributed by atoms with Gasteiger partial charge >= 0.3 is 0 Å². The molecule has 0 radical (unpaired) electrons. The summed E-state index contributed by atoms with van der Waals surface area (Å²) < 4.78 is 7.25. The van der Waals surface area contributed by atoms with Crippen LogP contribution >= 0.6 is 0 Å². The lowest BCUT2D eigenvalue weighted by molar-refractivity contribution is 0.0556. The van der Waals surface area contributed by atoms with Crippen LogP contribution in [0.3, 0.4) is 0 Å². The largest absolute Gasteiger partial charge is 0.395 e. The van der Waals surface area contributed by atoms with Gasteiger partial charge in [0.2, 0.25) is 0 Å². The summed E-state index contributed by atoms with van der Waals surface area (Å²) in [5, 5.41) is 4.30. The highest BCUT2D eigenvalue weighted by Crippen LogP contribution is 2.19. The molecule has 1 atom stereocenters. The minimum Gasteiger partial charge on any atom is -0.395 e. The van der Waals surface area contributed by atoms with Crippen LogP contribution in [0.15, 0.2) is 0 Å². The SMILES string of the molecule is CCn1nc(C)c(N)c1C(=O)N1CCCOC(C)C1. The van der Waals surface area contributed by atoms with Crippen LogP contribution in [-0.4, -0.2) is 46.4 Å². The number of aryl methyl sites for hydroxylation is 2. The van der Waals surface area contributed by atoms with Gasteiger partial charge in [0.05, 0.1) is 17.5 Å². The van der Waals surface area contributed by atoms with E-state index in [2.05, 4.69) is 5.10 Å². The Morgan fingerprint density at radius 2 is 2.32 bits per heavy atom. The molecule has 2 heterocycles. The molecule has 1 fully saturated rings. The van der Waals surface area contributed by atoms with Gasteiger partial charge in [-0.25, -0.2) is 0 Å². The molecule has 6 nitrogen and oxygen atoms in total. The summed E-state index contributed by atoms with van der Waals surface area (Å²) in [7, 11) is 0. The van der Waals surface area contributed by atoms with Gasteiger partial charge in [0.1, 0.15) is 5.69 Å². The van der Waals surface area contributed by atoms with Crippen LogP contribution in [0.2, 0.25) is 0 Å². The maximum absolute atomic E-state index is 12.6. The lowest BCUT2D eigenvalue weighted by Crippen LogP contribution is -2.37. The molecule has 0 saturated carbocycles. The third-order valence-electron chi connectivity index (χ3n) is 3.42. The second kappa shape index (κ2) is 5.61. The molecule has 0 aliphatic carbocycles. The van der Waals surface area contributed by atoms with Gasteiger partial charge in [-0.2, -0.15) is 5.10 Å². The van der Waals surface area contributed by atoms with E-state index in [1.807, 2.05) is 25.7 Å². The zero-order valence-electron chi connectivity index (χ0n) is 11.8. The van der Waals surface area contributed by atoms with E-state index in [-0.39, 0.29) is 12.0 Å². The highest BCUT2D eigenvalue weighted by atomic mass is 16.5. The van der Waals surface area contributed by atoms with Crippen LogP contribution in [0.4, 0.5) is 5.69 Å². The Bertz CT molecular complexity index is 469. The summed E-state index contributed by atoms with van der Waals surface area (Å²) in [5.74, 6) is -0.0442. The molecule has 2 N–H and O–H groups in total. The number of ether oxygens (including phenoxy) is 1. The van der Waals surface area contributed by atoms with Gasteiger partial charge in [-0.3, -0.25) is 9.48 Å². The Balaban J connectivity index is 2.27. The van der Waals surface area contributed by atoms with Crippen LogP contribution in [0.5, 0.6) is 0 Å². The van der Waals surface area contributed by atoms with Crippen LogP contribution in [0.1, 0.15) is 36.5 Å². The van der Waals surface area contributed by atoms with Crippen molar-refractivity contribution in [2.45, 2.75) is 39.8 Å². The predicted molar refractivity (Wildman–Crippen MR) is 73.0 cm³/mol. The molecule has 0 spiro atoms. The zero-order chi connectivity index (χ0) is 14.0. The number of amides is 1. The highest BCUT2D eigenvalue weighted by molar-refractivity contribution is 5.98. The number of hydrogen-bond acceptors (Lipinski definition) is 4. The Labute approximate surface area is 113 Å². The van der Waals surface area contributed by atoms with Crippen molar-refractivity contribution in [2.24, 2.45) is 0 Å². The topological polar surface area (TPSA) is 73.4 Å². The molecule has 1 amide bonds. The number of anilines is 1. The second-order valence-electron chi connectivity index (χ2n) is 4.95. The molecule has 2 rings (SSSR count). The first-order valence-corrected chi connectivity index (χ1v) is 6.78. The monoisotopic (exact) mass is 266 g/mol. The van der Waals surface area contributed by atoms with Crippen molar-refractivity contribution in [3.8, 4) is 0 Å². The molecular weight excluding hydrogens is 244 g/mol. The minimum absolute atomic E-state index is 0.0442. The van der Waals surface area contributed by atoms with E-state index in [0.29, 0.717) is 43.3 Å². The Morgan fingerprint density at radius 1 is 1.58 bits per heavy atom. The molecule has 1 unspecified atom stereocenters. The molecule has 0 bridgehead atoms. The number of aromatic nitrogens is 2. The van der Waals surface area contributed by atoms with Gasteiger partial charge in [0.25, 0.3) is 5.91 Å². The number of rotatable bonds is 2. The number of nitrogen functional groups attached to an aromatic ring is 1. The fraction of sp³-hybridized carbons (Fsp3) is 0.692. The van der Waals surface area contributed by atoms with Crippen molar-refractivity contribution in [2.75, 3.05) is 25.4 Å². The van der Waals surface area contributed by atoms with Crippen LogP contribution in [0, 0.1) is 6.92 Å². The van der Waals surface area contributed by atoms with E-state index < -0.39 is 0 Å². The molecule has 1 aromatic rings. The first kappa shape index (κ1) is 13.9. The van der Waals surface area contributed by atoms with Crippen molar-refractivity contribution < 1.29 is 9.53 Å². The number of hydrogen-bond donors (Lipinski definition) is 1. The number of nitrogens with zero attached hydrogens (tertiary/aromatic N) is 3. The summed E-state index contributed by atoms with van der Waals surface area (Å²) in [6.07, 6.45) is 0.918. The zero-order valence-corrected chi connectivity index (χ0v) is 11.8. The Hall–Kier alpha value is -1.56. The van der Waals surface area contributed by atoms with E-state index >= 15 is 0 Å². The molecule has 1 aromatic heterocycles. The van der Waals surface area contributed by atoms with Crippen molar-refractivity contribution in [3.05, 3.63) is 11.4 Å². The molecule has 0 aromatic carbocycles. The molecule has 1 aliphatic heterocycles. The van der Waals surface area contributed by atoms with Gasteiger partial charge in [0, 0.05) is 26.2 Å². The van der Waals surface area contributed by atoms with Crippen molar-refractivity contribution >= 4 is 11.6 Å². The van der Waals surface area contributed by atoms with Crippen LogP contribution < -0.4 is 5.73 Å². The summed E-state index contributed by atoms with van der Waals surface area (Å²) in [6, 6.07) is 0. The summed E-state index contributed by atoms with van der Waals surface area (Å²) in [4.78, 5) is 14.5. The maximum atomic E-state index is 12.6. The molecule has 6 heteroatoms. The number of carbonyl (C=O) groups excluding carboxylic acids is 1. The second-order valence-corrected chi connectivity index (χ2v) is 4.95. The molecule has 1 aliphatic rings. The quantitative estimate of drug-likeness (QED) is 0.868. The Morgan fingerprint density at radius 3 is 3.00 bits per heavy atom. The average molecular weight is 266 g/mol. The van der Waals surface area contributed by atoms with Crippen LogP contribution in [-0.2, 0) is 11.3 Å². The summed E-state index contributed by atoms with van der Waals surface area (Å²) in [5.41, 5.74) is 7.71. The maximum Gasteiger partial charge on any atom is 0.274 e. The summed E-state index contributed by atoms with van der Waals surface area (Å²) in [6.45, 7) is 8.41. The van der Waals surface area contributed by atoms with Crippen molar-refractivity contribution in [3.63, 3.8) is 0 Å². The summed E-state index contributed by atoms with van der Waals surface area (Å²) >= 11 is 0. The number of carbonyl (C=O) groups is 1. The average Bonchev–Trinajstić information content (AvgIpc) is 2.55. The van der Waals surface area contributed by atoms with Gasteiger partial charge in [-0.1, -0.05) is 0 Å². The molecule has 19 heavy (non-hydrogen) atoms. The first-order valence-electron chi connectivity index (χ1n) is 6.78. The van der Waals surface area contributed by atoms with Crippen LogP contribution in [0.25, 0.3) is 0 Å². The van der Waals surface area contributed by atoms with Gasteiger partial charge in [-0.15, -0.1) is 0 Å². The highest BCUT2D eigenvalue weighted by Gasteiger charge is 2.26. The first-order chi connectivity index (χ1) is 9.04. The van der Waals surface area contributed by atoms with Crippen molar-refractivity contribution in [1.29, 1.82) is 0 Å². The van der Waals surface area contributed by atoms with Gasteiger partial charge < -0.3 is 15.4 Å². The van der Waals surface area contributed by atoms with E-state index in [0.717, 1.165) is 6.42 Å². The third-order valence-corrected chi connectivity index (χ3v) is 3.42. The molecule has 106 valence electrons. The smallest absolute Gasteiger partial charge is 0.274 e. The molecular formula is C13H22N4O2. The predicted octanol–water partition coefficient (Wildman–Crippen LogP) is 1.04. The standard InChI is InChI=1S/C13H22N4O2/c1-4-17-12(11(14)10(3)15-17)13(18)16-6-5-7-19-9(2)8-16/h9H,4-8,14H2,1-3H3. The van der Waals surface area contributed by atoms with E-state index in [1.54, 1.807) is 4.68 Å². The Kier molecular flexibility index (Phi) is 4.09. The fourth-order valence-corrected chi connectivity index (χ4v) is 2.38. The molecule has 1 saturated heterocycles. The van der Waals surface area contributed by atoms with Gasteiger partial charge in [0.15, 0.2) is 0 Å². The normalized spacial score (nSPS) is 20.4. The van der Waals surface area contributed by atoms with E-state index in [4.69, 9.17) is 10.5 Å². The lowest BCUT2D eigenvalue weighted by Gasteiger charge is -2.22. The fourth-order valence-electron chi connectivity index (χ4n) is 2.38. The minimum atomic E-state index is -0.0442.